The molecule has 1 amide bonds. The van der Waals surface area contributed by atoms with E-state index in [0.29, 0.717) is 18.6 Å². The number of nitrogens with zero attached hydrogens (tertiary/aromatic N) is 2. The number of hydrogen-bond acceptors (Lipinski definition) is 3. The van der Waals surface area contributed by atoms with E-state index < -0.39 is 12.1 Å². The van der Waals surface area contributed by atoms with Crippen molar-refractivity contribution >= 4 is 5.91 Å². The lowest BCUT2D eigenvalue weighted by Crippen LogP contribution is -2.47. The van der Waals surface area contributed by atoms with Crippen LogP contribution in [0.3, 0.4) is 0 Å². The van der Waals surface area contributed by atoms with Crippen molar-refractivity contribution in [2.24, 2.45) is 0 Å². The summed E-state index contributed by atoms with van der Waals surface area (Å²) in [5.41, 5.74) is 0. The van der Waals surface area contributed by atoms with Gasteiger partial charge in [-0.1, -0.05) is 0 Å². The first-order chi connectivity index (χ1) is 8.97. The highest BCUT2D eigenvalue weighted by atomic mass is 19.4. The van der Waals surface area contributed by atoms with E-state index >= 15 is 0 Å². The van der Waals surface area contributed by atoms with Crippen molar-refractivity contribution in [2.45, 2.75) is 25.1 Å². The summed E-state index contributed by atoms with van der Waals surface area (Å²) in [5, 5.41) is 0. The molecule has 0 unspecified atom stereocenters. The van der Waals surface area contributed by atoms with E-state index in [1.807, 2.05) is 0 Å². The van der Waals surface area contributed by atoms with Crippen LogP contribution >= 0.6 is 0 Å². The van der Waals surface area contributed by atoms with E-state index in [1.54, 1.807) is 24.5 Å². The number of ether oxygens (including phenoxy) is 1. The fourth-order valence-electron chi connectivity index (χ4n) is 1.97. The topological polar surface area (TPSA) is 42.4 Å². The molecular weight excluding hydrogens is 261 g/mol. The lowest BCUT2D eigenvalue weighted by molar-refractivity contribution is -0.187. The van der Waals surface area contributed by atoms with Gasteiger partial charge < -0.3 is 9.64 Å². The van der Waals surface area contributed by atoms with Crippen LogP contribution in [0.5, 0.6) is 5.75 Å². The maximum absolute atomic E-state index is 12.2. The van der Waals surface area contributed by atoms with Crippen LogP contribution in [0.4, 0.5) is 13.2 Å². The fraction of sp³-hybridized carbons (Fsp3) is 0.500. The monoisotopic (exact) mass is 274 g/mol. The molecule has 1 aromatic rings. The normalized spacial score (nSPS) is 17.3. The number of amides is 1. The van der Waals surface area contributed by atoms with Gasteiger partial charge in [-0.05, 0) is 12.1 Å². The van der Waals surface area contributed by atoms with Crippen molar-refractivity contribution < 1.29 is 22.7 Å². The van der Waals surface area contributed by atoms with Gasteiger partial charge in [0.1, 0.15) is 11.9 Å². The van der Waals surface area contributed by atoms with Crippen LogP contribution in [0, 0.1) is 0 Å². The van der Waals surface area contributed by atoms with E-state index in [9.17, 15) is 18.0 Å². The maximum Gasteiger partial charge on any atom is 0.471 e. The number of piperidine rings is 1. The van der Waals surface area contributed by atoms with E-state index in [-0.39, 0.29) is 19.2 Å². The molecular formula is C12H13F3N2O2. The van der Waals surface area contributed by atoms with Crippen LogP contribution < -0.4 is 4.74 Å². The zero-order valence-electron chi connectivity index (χ0n) is 10.1. The SMILES string of the molecule is O=C(N1CCC(Oc2cccnc2)CC1)C(F)(F)F. The Kier molecular flexibility index (Phi) is 3.92. The number of alkyl halides is 3. The average Bonchev–Trinajstić information content (AvgIpc) is 2.39. The Morgan fingerprint density at radius 3 is 2.58 bits per heavy atom. The van der Waals surface area contributed by atoms with Crippen LogP contribution in [-0.2, 0) is 4.79 Å². The zero-order valence-corrected chi connectivity index (χ0v) is 10.1. The van der Waals surface area contributed by atoms with Crippen LogP contribution in [0.15, 0.2) is 24.5 Å². The number of carbonyl (C=O) groups is 1. The van der Waals surface area contributed by atoms with E-state index in [4.69, 9.17) is 4.74 Å². The van der Waals surface area contributed by atoms with Crippen molar-refractivity contribution in [2.75, 3.05) is 13.1 Å². The molecule has 1 aromatic heterocycles. The number of hydrogen-bond donors (Lipinski definition) is 0. The molecule has 0 atom stereocenters. The van der Waals surface area contributed by atoms with Crippen molar-refractivity contribution in [3.05, 3.63) is 24.5 Å². The largest absolute Gasteiger partial charge is 0.489 e. The first kappa shape index (κ1) is 13.6. The summed E-state index contributed by atoms with van der Waals surface area (Å²) >= 11 is 0. The number of halogens is 3. The van der Waals surface area contributed by atoms with Crippen molar-refractivity contribution in [1.29, 1.82) is 0 Å². The number of pyridine rings is 1. The van der Waals surface area contributed by atoms with Crippen molar-refractivity contribution in [3.63, 3.8) is 0 Å². The highest BCUT2D eigenvalue weighted by Crippen LogP contribution is 2.23. The molecule has 7 heteroatoms. The molecule has 2 rings (SSSR count). The third-order valence-electron chi connectivity index (χ3n) is 2.91. The molecule has 0 saturated carbocycles. The van der Waals surface area contributed by atoms with Gasteiger partial charge in [-0.3, -0.25) is 9.78 Å². The number of rotatable bonds is 2. The lowest BCUT2D eigenvalue weighted by Gasteiger charge is -2.32. The molecule has 0 aromatic carbocycles. The molecule has 0 radical (unpaired) electrons. The summed E-state index contributed by atoms with van der Waals surface area (Å²) in [4.78, 5) is 15.7. The summed E-state index contributed by atoms with van der Waals surface area (Å²) in [6.45, 7) is 0.118. The Hall–Kier alpha value is -1.79. The molecule has 0 spiro atoms. The second-order valence-corrected chi connectivity index (χ2v) is 4.30. The van der Waals surface area contributed by atoms with Gasteiger partial charge in [0.05, 0.1) is 6.20 Å². The van der Waals surface area contributed by atoms with Crippen LogP contribution in [0.25, 0.3) is 0 Å². The Morgan fingerprint density at radius 2 is 2.05 bits per heavy atom. The molecule has 1 aliphatic heterocycles. The molecule has 1 aliphatic rings. The Labute approximate surface area is 108 Å². The van der Waals surface area contributed by atoms with Gasteiger partial charge in [0.25, 0.3) is 0 Å². The Balaban J connectivity index is 1.85. The van der Waals surface area contributed by atoms with Gasteiger partial charge in [0.15, 0.2) is 0 Å². The second-order valence-electron chi connectivity index (χ2n) is 4.30. The lowest BCUT2D eigenvalue weighted by atomic mass is 10.1. The van der Waals surface area contributed by atoms with Crippen molar-refractivity contribution in [3.8, 4) is 5.75 Å². The zero-order chi connectivity index (χ0) is 13.9. The summed E-state index contributed by atoms with van der Waals surface area (Å²) in [6.07, 6.45) is -1.05. The molecule has 2 heterocycles. The third-order valence-corrected chi connectivity index (χ3v) is 2.91. The summed E-state index contributed by atoms with van der Waals surface area (Å²) in [5.74, 6) is -1.18. The molecule has 104 valence electrons. The Morgan fingerprint density at radius 1 is 1.37 bits per heavy atom. The first-order valence-corrected chi connectivity index (χ1v) is 5.89. The minimum Gasteiger partial charge on any atom is -0.489 e. The molecule has 0 aliphatic carbocycles. The van der Waals surface area contributed by atoms with Gasteiger partial charge in [0.2, 0.25) is 0 Å². The third kappa shape index (κ3) is 3.59. The number of carbonyl (C=O) groups excluding carboxylic acids is 1. The smallest absolute Gasteiger partial charge is 0.471 e. The number of likely N-dealkylation sites (tertiary alicyclic amines) is 1. The van der Waals surface area contributed by atoms with E-state index in [2.05, 4.69) is 4.98 Å². The Bertz CT molecular complexity index is 428. The predicted molar refractivity (Wildman–Crippen MR) is 60.5 cm³/mol. The van der Waals surface area contributed by atoms with Crippen molar-refractivity contribution in [1.82, 2.24) is 9.88 Å². The second kappa shape index (κ2) is 5.46. The summed E-state index contributed by atoms with van der Waals surface area (Å²) in [6, 6.07) is 3.46. The van der Waals surface area contributed by atoms with Gasteiger partial charge in [-0.2, -0.15) is 13.2 Å². The van der Waals surface area contributed by atoms with Crippen LogP contribution in [-0.4, -0.2) is 41.2 Å². The molecule has 0 N–H and O–H groups in total. The number of aromatic nitrogens is 1. The summed E-state index contributed by atoms with van der Waals surface area (Å²) < 4.78 is 42.3. The minimum atomic E-state index is -4.79. The van der Waals surface area contributed by atoms with Crippen LogP contribution in [0.1, 0.15) is 12.8 Å². The van der Waals surface area contributed by atoms with Gasteiger partial charge >= 0.3 is 12.1 Å². The predicted octanol–water partition coefficient (Wildman–Crippen LogP) is 2.01. The quantitative estimate of drug-likeness (QED) is 0.828. The maximum atomic E-state index is 12.2. The first-order valence-electron chi connectivity index (χ1n) is 5.89. The summed E-state index contributed by atoms with van der Waals surface area (Å²) in [7, 11) is 0. The van der Waals surface area contributed by atoms with Gasteiger partial charge in [-0.15, -0.1) is 0 Å². The van der Waals surface area contributed by atoms with Gasteiger partial charge in [0, 0.05) is 32.1 Å². The minimum absolute atomic E-state index is 0.0588. The molecule has 4 nitrogen and oxygen atoms in total. The average molecular weight is 274 g/mol. The molecule has 0 bridgehead atoms. The van der Waals surface area contributed by atoms with Crippen LogP contribution in [0.2, 0.25) is 0 Å². The highest BCUT2D eigenvalue weighted by Gasteiger charge is 2.43. The standard InChI is InChI=1S/C12H13F3N2O2/c13-12(14,15)11(18)17-6-3-9(4-7-17)19-10-2-1-5-16-8-10/h1-2,5,8-9H,3-4,6-7H2. The van der Waals surface area contributed by atoms with E-state index in [1.165, 1.54) is 0 Å². The molecule has 1 saturated heterocycles. The fourth-order valence-corrected chi connectivity index (χ4v) is 1.97. The van der Waals surface area contributed by atoms with E-state index in [0.717, 1.165) is 4.90 Å². The highest BCUT2D eigenvalue weighted by molar-refractivity contribution is 5.81. The van der Waals surface area contributed by atoms with Gasteiger partial charge in [-0.25, -0.2) is 0 Å². The molecule has 19 heavy (non-hydrogen) atoms. The molecule has 1 fully saturated rings.